The van der Waals surface area contributed by atoms with Crippen LogP contribution in [0.25, 0.3) is 21.3 Å². The summed E-state index contributed by atoms with van der Waals surface area (Å²) in [6.45, 7) is 0. The molecule has 1 unspecified atom stereocenters. The summed E-state index contributed by atoms with van der Waals surface area (Å²) in [6.07, 6.45) is 0.898. The van der Waals surface area contributed by atoms with Gasteiger partial charge in [-0.05, 0) is 47.7 Å². The van der Waals surface area contributed by atoms with Crippen LogP contribution in [0.1, 0.15) is 28.8 Å². The third-order valence-corrected chi connectivity index (χ3v) is 7.72. The molecule has 0 aliphatic rings. The number of nitrogens with one attached hydrogen (secondary N) is 1. The zero-order chi connectivity index (χ0) is 28.9. The summed E-state index contributed by atoms with van der Waals surface area (Å²) in [5.74, 6) is -2.84. The van der Waals surface area contributed by atoms with Gasteiger partial charge in [-0.15, -0.1) is 0 Å². The first-order chi connectivity index (χ1) is 19.8. The molecule has 1 heterocycles. The molecule has 9 heteroatoms. The van der Waals surface area contributed by atoms with Crippen molar-refractivity contribution in [2.75, 3.05) is 12.4 Å². The lowest BCUT2D eigenvalue weighted by Crippen LogP contribution is -2.19. The van der Waals surface area contributed by atoms with Gasteiger partial charge in [-0.2, -0.15) is 0 Å². The number of carboxylic acids is 1. The van der Waals surface area contributed by atoms with Crippen LogP contribution in [0.15, 0.2) is 84.9 Å². The number of methoxy groups -OCH3 is 1. The fourth-order valence-corrected chi connectivity index (χ4v) is 5.51. The number of aryl methyl sites for hydroxylation is 1. The predicted octanol–water partition coefficient (Wildman–Crippen LogP) is 7.90. The average molecular weight is 573 g/mol. The Morgan fingerprint density at radius 1 is 0.976 bits per heavy atom. The summed E-state index contributed by atoms with van der Waals surface area (Å²) >= 11 is 1.13. The highest BCUT2D eigenvalue weighted by Crippen LogP contribution is 2.36. The lowest BCUT2D eigenvalue weighted by Gasteiger charge is -2.13. The number of benzene rings is 4. The van der Waals surface area contributed by atoms with Crippen molar-refractivity contribution in [2.45, 2.75) is 19.3 Å². The van der Waals surface area contributed by atoms with Crippen molar-refractivity contribution in [3.63, 3.8) is 0 Å². The van der Waals surface area contributed by atoms with Gasteiger partial charge in [0.05, 0.1) is 23.4 Å². The standard InChI is InChI=1S/C32H26F2N2O4S/c1-40-28-16-22(13-14-26(28)35-32-36-30-25(34)17-24(33)18-29(30)41-32)20-9-11-21(12-10-20)27(37)15-23(31(38)39)8-7-19-5-3-2-4-6-19/h2-6,9-14,16-18,23H,7-8,15H2,1H3,(H,35,36)(H,38,39). The Morgan fingerprint density at radius 2 is 1.71 bits per heavy atom. The molecule has 0 amide bonds. The second-order valence-corrected chi connectivity index (χ2v) is 10.6. The van der Waals surface area contributed by atoms with Gasteiger partial charge in [0.2, 0.25) is 0 Å². The second-order valence-electron chi connectivity index (χ2n) is 9.56. The highest BCUT2D eigenvalue weighted by Gasteiger charge is 2.22. The van der Waals surface area contributed by atoms with Crippen molar-refractivity contribution in [1.82, 2.24) is 4.98 Å². The lowest BCUT2D eigenvalue weighted by atomic mass is 9.92. The number of carboxylic acid groups (broad SMARTS) is 1. The maximum absolute atomic E-state index is 14.1. The number of thiazole rings is 1. The Kier molecular flexibility index (Phi) is 8.35. The number of rotatable bonds is 11. The van der Waals surface area contributed by atoms with Crippen LogP contribution in [0.3, 0.4) is 0 Å². The minimum absolute atomic E-state index is 0.0714. The minimum atomic E-state index is -0.977. The van der Waals surface area contributed by atoms with Crippen LogP contribution in [0.4, 0.5) is 19.6 Å². The number of nitrogens with zero attached hydrogens (tertiary/aromatic N) is 1. The van der Waals surface area contributed by atoms with Crippen molar-refractivity contribution >= 4 is 44.1 Å². The van der Waals surface area contributed by atoms with Gasteiger partial charge >= 0.3 is 5.97 Å². The molecular weight excluding hydrogens is 546 g/mol. The van der Waals surface area contributed by atoms with E-state index in [1.807, 2.05) is 42.5 Å². The fraction of sp³-hybridized carbons (Fsp3) is 0.156. The molecule has 1 atom stereocenters. The van der Waals surface area contributed by atoms with Crippen LogP contribution >= 0.6 is 11.3 Å². The summed E-state index contributed by atoms with van der Waals surface area (Å²) in [6, 6.07) is 24.1. The number of hydrogen-bond donors (Lipinski definition) is 2. The van der Waals surface area contributed by atoms with Crippen molar-refractivity contribution in [3.8, 4) is 16.9 Å². The molecule has 4 aromatic carbocycles. The van der Waals surface area contributed by atoms with E-state index in [0.29, 0.717) is 39.7 Å². The highest BCUT2D eigenvalue weighted by atomic mass is 32.1. The summed E-state index contributed by atoms with van der Waals surface area (Å²) in [7, 11) is 1.52. The zero-order valence-corrected chi connectivity index (χ0v) is 22.9. The molecular formula is C32H26F2N2O4S. The third kappa shape index (κ3) is 6.58. The van der Waals surface area contributed by atoms with Gasteiger partial charge in [-0.3, -0.25) is 9.59 Å². The van der Waals surface area contributed by atoms with E-state index in [1.54, 1.807) is 30.3 Å². The molecule has 208 valence electrons. The van der Waals surface area contributed by atoms with Crippen LogP contribution in [0.2, 0.25) is 0 Å². The summed E-state index contributed by atoms with van der Waals surface area (Å²) in [5.41, 5.74) is 3.84. The molecule has 0 saturated carbocycles. The predicted molar refractivity (Wildman–Crippen MR) is 156 cm³/mol. The monoisotopic (exact) mass is 572 g/mol. The van der Waals surface area contributed by atoms with Crippen LogP contribution in [0, 0.1) is 17.6 Å². The Bertz CT molecular complexity index is 1700. The number of anilines is 2. The second kappa shape index (κ2) is 12.3. The molecule has 0 bridgehead atoms. The van der Waals surface area contributed by atoms with Crippen LogP contribution in [-0.2, 0) is 11.2 Å². The van der Waals surface area contributed by atoms with Gasteiger partial charge in [-0.25, -0.2) is 13.8 Å². The first-order valence-corrected chi connectivity index (χ1v) is 13.7. The smallest absolute Gasteiger partial charge is 0.306 e. The number of ketones is 1. The molecule has 41 heavy (non-hydrogen) atoms. The number of aliphatic carboxylic acids is 1. The van der Waals surface area contributed by atoms with E-state index in [1.165, 1.54) is 13.2 Å². The quantitative estimate of drug-likeness (QED) is 0.156. The van der Waals surface area contributed by atoms with Crippen molar-refractivity contribution < 1.29 is 28.2 Å². The molecule has 0 spiro atoms. The van der Waals surface area contributed by atoms with E-state index in [4.69, 9.17) is 4.74 Å². The normalized spacial score (nSPS) is 11.8. The van der Waals surface area contributed by atoms with Crippen molar-refractivity contribution in [3.05, 3.63) is 108 Å². The molecule has 5 rings (SSSR count). The van der Waals surface area contributed by atoms with Crippen molar-refractivity contribution in [1.29, 1.82) is 0 Å². The first-order valence-electron chi connectivity index (χ1n) is 12.9. The Hall–Kier alpha value is -4.63. The number of ether oxygens (including phenoxy) is 1. The molecule has 1 aromatic heterocycles. The van der Waals surface area contributed by atoms with E-state index >= 15 is 0 Å². The molecule has 6 nitrogen and oxygen atoms in total. The van der Waals surface area contributed by atoms with Gasteiger partial charge in [0, 0.05) is 18.1 Å². The summed E-state index contributed by atoms with van der Waals surface area (Å²) < 4.78 is 33.6. The van der Waals surface area contributed by atoms with Gasteiger partial charge in [0.25, 0.3) is 0 Å². The summed E-state index contributed by atoms with van der Waals surface area (Å²) in [5, 5.41) is 13.2. The van der Waals surface area contributed by atoms with Crippen LogP contribution in [-0.4, -0.2) is 29.0 Å². The Balaban J connectivity index is 1.27. The van der Waals surface area contributed by atoms with E-state index in [-0.39, 0.29) is 17.7 Å². The molecule has 0 fully saturated rings. The van der Waals surface area contributed by atoms with Crippen molar-refractivity contribution in [2.24, 2.45) is 5.92 Å². The number of halogens is 2. The van der Waals surface area contributed by atoms with Gasteiger partial charge in [0.1, 0.15) is 17.1 Å². The van der Waals surface area contributed by atoms with Crippen LogP contribution < -0.4 is 10.1 Å². The number of carbonyl (C=O) groups excluding carboxylic acids is 1. The summed E-state index contributed by atoms with van der Waals surface area (Å²) in [4.78, 5) is 28.9. The molecule has 0 saturated heterocycles. The van der Waals surface area contributed by atoms with Gasteiger partial charge < -0.3 is 15.2 Å². The molecule has 5 aromatic rings. The average Bonchev–Trinajstić information content (AvgIpc) is 3.38. The SMILES string of the molecule is COc1cc(-c2ccc(C(=O)CC(CCc3ccccc3)C(=O)O)cc2)ccc1Nc1nc2c(F)cc(F)cc2s1. The maximum Gasteiger partial charge on any atom is 0.306 e. The Morgan fingerprint density at radius 3 is 2.41 bits per heavy atom. The van der Waals surface area contributed by atoms with E-state index < -0.39 is 23.5 Å². The fourth-order valence-electron chi connectivity index (χ4n) is 4.59. The number of Topliss-reactive ketones (excluding diaryl/α,β-unsaturated/α-hetero) is 1. The third-order valence-electron chi connectivity index (χ3n) is 6.80. The van der Waals surface area contributed by atoms with E-state index in [2.05, 4.69) is 10.3 Å². The number of fused-ring (bicyclic) bond motifs is 1. The molecule has 0 aliphatic heterocycles. The molecule has 0 aliphatic carbocycles. The maximum atomic E-state index is 14.1. The minimum Gasteiger partial charge on any atom is -0.495 e. The molecule has 0 radical (unpaired) electrons. The molecule has 2 N–H and O–H groups in total. The largest absolute Gasteiger partial charge is 0.495 e. The van der Waals surface area contributed by atoms with E-state index in [0.717, 1.165) is 34.1 Å². The number of hydrogen-bond acceptors (Lipinski definition) is 6. The van der Waals surface area contributed by atoms with Gasteiger partial charge in [-0.1, -0.05) is 72.0 Å². The first kappa shape index (κ1) is 27.9. The number of carbonyl (C=O) groups is 2. The topological polar surface area (TPSA) is 88.5 Å². The Labute approximate surface area is 239 Å². The number of aromatic nitrogens is 1. The lowest BCUT2D eigenvalue weighted by molar-refractivity contribution is -0.141. The van der Waals surface area contributed by atoms with E-state index in [9.17, 15) is 23.5 Å². The van der Waals surface area contributed by atoms with Gasteiger partial charge in [0.15, 0.2) is 16.7 Å². The van der Waals surface area contributed by atoms with Crippen LogP contribution in [0.5, 0.6) is 5.75 Å². The highest BCUT2D eigenvalue weighted by molar-refractivity contribution is 7.22. The zero-order valence-electron chi connectivity index (χ0n) is 22.1.